The Hall–Kier alpha value is -2.51. The topological polar surface area (TPSA) is 61.4 Å². The van der Waals surface area contributed by atoms with Gasteiger partial charge in [0.2, 0.25) is 11.8 Å². The summed E-state index contributed by atoms with van der Waals surface area (Å²) in [7, 11) is 1.57. The molecule has 132 valence electrons. The Kier molecular flexibility index (Phi) is 6.44. The molecule has 2 rings (SSSR count). The first-order valence-corrected chi connectivity index (χ1v) is 7.70. The van der Waals surface area contributed by atoms with E-state index in [1.54, 1.807) is 31.3 Å². The molecule has 8 heteroatoms. The Bertz CT molecular complexity index is 786. The van der Waals surface area contributed by atoms with Crippen LogP contribution in [0.15, 0.2) is 42.5 Å². The van der Waals surface area contributed by atoms with Crippen LogP contribution in [0.3, 0.4) is 0 Å². The van der Waals surface area contributed by atoms with Crippen molar-refractivity contribution in [3.63, 3.8) is 0 Å². The van der Waals surface area contributed by atoms with Crippen molar-refractivity contribution in [2.75, 3.05) is 30.8 Å². The first-order chi connectivity index (χ1) is 11.8. The van der Waals surface area contributed by atoms with E-state index in [-0.39, 0.29) is 24.7 Å². The molecule has 0 radical (unpaired) electrons. The highest BCUT2D eigenvalue weighted by Gasteiger charge is 2.13. The van der Waals surface area contributed by atoms with E-state index in [1.165, 1.54) is 4.90 Å². The van der Waals surface area contributed by atoms with Crippen LogP contribution in [0.4, 0.5) is 20.2 Å². The average molecular weight is 368 g/mol. The van der Waals surface area contributed by atoms with Crippen LogP contribution in [0.2, 0.25) is 5.02 Å². The average Bonchev–Trinajstić information content (AvgIpc) is 2.49. The van der Waals surface area contributed by atoms with E-state index in [4.69, 9.17) is 11.6 Å². The maximum Gasteiger partial charge on any atom is 0.238 e. The quantitative estimate of drug-likeness (QED) is 0.824. The number of nitrogens with one attached hydrogen (secondary N) is 2. The van der Waals surface area contributed by atoms with E-state index in [9.17, 15) is 18.4 Å². The van der Waals surface area contributed by atoms with Crippen molar-refractivity contribution in [1.82, 2.24) is 4.90 Å². The summed E-state index contributed by atoms with van der Waals surface area (Å²) in [5.74, 6) is -2.45. The lowest BCUT2D eigenvalue weighted by atomic mass is 10.3. The van der Waals surface area contributed by atoms with Crippen molar-refractivity contribution >= 4 is 34.8 Å². The summed E-state index contributed by atoms with van der Waals surface area (Å²) in [6.45, 7) is -0.189. The molecule has 0 aliphatic heterocycles. The van der Waals surface area contributed by atoms with E-state index < -0.39 is 17.5 Å². The molecule has 0 bridgehead atoms. The van der Waals surface area contributed by atoms with Gasteiger partial charge in [-0.05, 0) is 37.4 Å². The molecule has 0 heterocycles. The van der Waals surface area contributed by atoms with Gasteiger partial charge in [-0.2, -0.15) is 0 Å². The van der Waals surface area contributed by atoms with Crippen LogP contribution in [-0.2, 0) is 9.59 Å². The van der Waals surface area contributed by atoms with Crippen LogP contribution in [0.5, 0.6) is 0 Å². The lowest BCUT2D eigenvalue weighted by Crippen LogP contribution is -2.36. The smallest absolute Gasteiger partial charge is 0.238 e. The molecule has 0 aliphatic rings. The second kappa shape index (κ2) is 8.55. The summed E-state index contributed by atoms with van der Waals surface area (Å²) < 4.78 is 26.3. The van der Waals surface area contributed by atoms with E-state index in [0.29, 0.717) is 16.8 Å². The third-order valence-electron chi connectivity index (χ3n) is 3.14. The molecule has 0 spiro atoms. The normalized spacial score (nSPS) is 10.6. The van der Waals surface area contributed by atoms with Gasteiger partial charge in [0, 0.05) is 16.8 Å². The standard InChI is InChI=1S/C17H16ClF2N3O2/c1-23(9-16(24)21-13-4-2-3-11(18)7-13)10-17(25)22-15-6-5-12(19)8-14(15)20/h2-8H,9-10H2,1H3,(H,21,24)(H,22,25). The van der Waals surface area contributed by atoms with E-state index >= 15 is 0 Å². The van der Waals surface area contributed by atoms with Crippen molar-refractivity contribution in [2.45, 2.75) is 0 Å². The van der Waals surface area contributed by atoms with Gasteiger partial charge in [-0.3, -0.25) is 14.5 Å². The molecule has 2 aromatic rings. The zero-order valence-corrected chi connectivity index (χ0v) is 14.1. The molecule has 2 amide bonds. The van der Waals surface area contributed by atoms with Gasteiger partial charge >= 0.3 is 0 Å². The van der Waals surface area contributed by atoms with Gasteiger partial charge in [0.05, 0.1) is 18.8 Å². The lowest BCUT2D eigenvalue weighted by Gasteiger charge is -2.16. The predicted molar refractivity (Wildman–Crippen MR) is 92.6 cm³/mol. The molecule has 0 aliphatic carbocycles. The first-order valence-electron chi connectivity index (χ1n) is 7.32. The highest BCUT2D eigenvalue weighted by Crippen LogP contribution is 2.15. The maximum absolute atomic E-state index is 13.5. The number of hydrogen-bond donors (Lipinski definition) is 2. The molecule has 0 atom stereocenters. The Labute approximate surface area is 148 Å². The van der Waals surface area contributed by atoms with E-state index in [0.717, 1.165) is 12.1 Å². The van der Waals surface area contributed by atoms with E-state index in [1.807, 2.05) is 0 Å². The molecule has 0 fully saturated rings. The van der Waals surface area contributed by atoms with Gasteiger partial charge in [-0.15, -0.1) is 0 Å². The minimum atomic E-state index is -0.866. The van der Waals surface area contributed by atoms with Gasteiger partial charge in [-0.1, -0.05) is 17.7 Å². The largest absolute Gasteiger partial charge is 0.325 e. The predicted octanol–water partition coefficient (Wildman–Crippen LogP) is 3.13. The number of hydrogen-bond acceptors (Lipinski definition) is 3. The fourth-order valence-electron chi connectivity index (χ4n) is 2.09. The van der Waals surface area contributed by atoms with E-state index in [2.05, 4.69) is 10.6 Å². The van der Waals surface area contributed by atoms with Gasteiger partial charge < -0.3 is 10.6 Å². The second-order valence-corrected chi connectivity index (χ2v) is 5.84. The molecular formula is C17H16ClF2N3O2. The van der Waals surface area contributed by atoms with Crippen LogP contribution >= 0.6 is 11.6 Å². The van der Waals surface area contributed by atoms with Crippen LogP contribution in [0.1, 0.15) is 0 Å². The van der Waals surface area contributed by atoms with Crippen LogP contribution in [0.25, 0.3) is 0 Å². The van der Waals surface area contributed by atoms with Gasteiger partial charge in [0.25, 0.3) is 0 Å². The number of carbonyl (C=O) groups is 2. The SMILES string of the molecule is CN(CC(=O)Nc1cccc(Cl)c1)CC(=O)Nc1ccc(F)cc1F. The summed E-state index contributed by atoms with van der Waals surface area (Å²) in [5, 5.41) is 5.47. The maximum atomic E-state index is 13.5. The molecule has 25 heavy (non-hydrogen) atoms. The molecule has 2 aromatic carbocycles. The number of carbonyl (C=O) groups excluding carboxylic acids is 2. The number of likely N-dealkylation sites (N-methyl/N-ethyl adjacent to an activating group) is 1. The lowest BCUT2D eigenvalue weighted by molar-refractivity contribution is -0.119. The second-order valence-electron chi connectivity index (χ2n) is 5.40. The van der Waals surface area contributed by atoms with Crippen molar-refractivity contribution in [2.24, 2.45) is 0 Å². The summed E-state index contributed by atoms with van der Waals surface area (Å²) in [6.07, 6.45) is 0. The highest BCUT2D eigenvalue weighted by molar-refractivity contribution is 6.30. The summed E-state index contributed by atoms with van der Waals surface area (Å²) >= 11 is 5.83. The molecule has 2 N–H and O–H groups in total. The van der Waals surface area contributed by atoms with Crippen LogP contribution < -0.4 is 10.6 Å². The summed E-state index contributed by atoms with van der Waals surface area (Å²) in [4.78, 5) is 25.3. The minimum absolute atomic E-state index is 0.0498. The third kappa shape index (κ3) is 6.13. The Morgan fingerprint density at radius 1 is 1.04 bits per heavy atom. The number of nitrogens with zero attached hydrogens (tertiary/aromatic N) is 1. The van der Waals surface area contributed by atoms with Crippen LogP contribution in [-0.4, -0.2) is 36.9 Å². The van der Waals surface area contributed by atoms with Crippen molar-refractivity contribution < 1.29 is 18.4 Å². The number of halogens is 3. The molecule has 0 saturated carbocycles. The molecule has 0 unspecified atom stereocenters. The fourth-order valence-corrected chi connectivity index (χ4v) is 2.28. The number of anilines is 2. The molecule has 5 nitrogen and oxygen atoms in total. The van der Waals surface area contributed by atoms with Crippen molar-refractivity contribution in [3.8, 4) is 0 Å². The minimum Gasteiger partial charge on any atom is -0.325 e. The fraction of sp³-hybridized carbons (Fsp3) is 0.176. The highest BCUT2D eigenvalue weighted by atomic mass is 35.5. The zero-order chi connectivity index (χ0) is 18.4. The van der Waals surface area contributed by atoms with Gasteiger partial charge in [-0.25, -0.2) is 8.78 Å². The third-order valence-corrected chi connectivity index (χ3v) is 3.38. The number of benzene rings is 2. The van der Waals surface area contributed by atoms with Gasteiger partial charge in [0.15, 0.2) is 0 Å². The van der Waals surface area contributed by atoms with Crippen LogP contribution in [0, 0.1) is 11.6 Å². The zero-order valence-electron chi connectivity index (χ0n) is 13.4. The summed E-state index contributed by atoms with van der Waals surface area (Å²) in [6, 6.07) is 9.53. The Morgan fingerprint density at radius 3 is 2.36 bits per heavy atom. The van der Waals surface area contributed by atoms with Crippen molar-refractivity contribution in [3.05, 3.63) is 59.1 Å². The number of amides is 2. The Morgan fingerprint density at radius 2 is 1.72 bits per heavy atom. The molecule has 0 aromatic heterocycles. The molecule has 0 saturated heterocycles. The molecular weight excluding hydrogens is 352 g/mol. The Balaban J connectivity index is 1.83. The van der Waals surface area contributed by atoms with Crippen molar-refractivity contribution in [1.29, 1.82) is 0 Å². The first kappa shape index (κ1) is 18.8. The number of rotatable bonds is 6. The van der Waals surface area contributed by atoms with Gasteiger partial charge in [0.1, 0.15) is 11.6 Å². The summed E-state index contributed by atoms with van der Waals surface area (Å²) in [5.41, 5.74) is 0.423. The monoisotopic (exact) mass is 367 g/mol.